The minimum absolute atomic E-state index is 0.167. The Morgan fingerprint density at radius 2 is 1.45 bits per heavy atom. The second-order valence-electron chi connectivity index (χ2n) is 5.72. The molecule has 22 heavy (non-hydrogen) atoms. The first-order chi connectivity index (χ1) is 9.97. The first-order valence-corrected chi connectivity index (χ1v) is 7.62. The predicted octanol–water partition coefficient (Wildman–Crippen LogP) is 2.98. The topological polar surface area (TPSA) is 49.4 Å². The third-order valence-corrected chi connectivity index (χ3v) is 4.45. The van der Waals surface area contributed by atoms with Gasteiger partial charge in [-0.25, -0.2) is 0 Å². The van der Waals surface area contributed by atoms with Crippen LogP contribution in [0.2, 0.25) is 0 Å². The summed E-state index contributed by atoms with van der Waals surface area (Å²) in [5, 5.41) is 2.41. The van der Waals surface area contributed by atoms with Gasteiger partial charge < -0.3 is 10.2 Å². The Kier molecular flexibility index (Phi) is 6.91. The minimum Gasteiger partial charge on any atom is -0.355 e. The molecule has 0 rings (SSSR count). The molecular formula is C15H27F3N2O2. The Morgan fingerprint density at radius 1 is 1.00 bits per heavy atom. The number of rotatable bonds is 7. The van der Waals surface area contributed by atoms with Gasteiger partial charge in [-0.3, -0.25) is 9.59 Å². The van der Waals surface area contributed by atoms with Crippen LogP contribution in [-0.2, 0) is 9.59 Å². The summed E-state index contributed by atoms with van der Waals surface area (Å²) in [6.45, 7) is 8.94. The number of carbonyl (C=O) groups is 2. The SMILES string of the molecule is CCNC(=O)C(CC)(C(=O)N(CC)CC)C(C)(C)C(F)(F)F. The molecular weight excluding hydrogens is 297 g/mol. The maximum absolute atomic E-state index is 13.6. The molecule has 0 bridgehead atoms. The summed E-state index contributed by atoms with van der Waals surface area (Å²) in [6, 6.07) is 0. The Hall–Kier alpha value is -1.27. The van der Waals surface area contributed by atoms with Crippen LogP contribution in [0.25, 0.3) is 0 Å². The van der Waals surface area contributed by atoms with Gasteiger partial charge in [-0.15, -0.1) is 0 Å². The van der Waals surface area contributed by atoms with Gasteiger partial charge in [-0.2, -0.15) is 13.2 Å². The van der Waals surface area contributed by atoms with Gasteiger partial charge in [0.1, 0.15) is 5.41 Å². The summed E-state index contributed by atoms with van der Waals surface area (Å²) >= 11 is 0. The van der Waals surface area contributed by atoms with Crippen molar-refractivity contribution in [1.82, 2.24) is 10.2 Å². The van der Waals surface area contributed by atoms with E-state index in [0.29, 0.717) is 0 Å². The molecule has 1 unspecified atom stereocenters. The maximum Gasteiger partial charge on any atom is 0.395 e. The third kappa shape index (κ3) is 3.22. The van der Waals surface area contributed by atoms with E-state index in [-0.39, 0.29) is 26.1 Å². The number of carbonyl (C=O) groups excluding carboxylic acids is 2. The molecule has 0 radical (unpaired) electrons. The number of nitrogens with zero attached hydrogens (tertiary/aromatic N) is 1. The number of nitrogens with one attached hydrogen (secondary N) is 1. The first kappa shape index (κ1) is 20.7. The van der Waals surface area contributed by atoms with Gasteiger partial charge in [0, 0.05) is 19.6 Å². The van der Waals surface area contributed by atoms with Crippen molar-refractivity contribution in [2.75, 3.05) is 19.6 Å². The van der Waals surface area contributed by atoms with Gasteiger partial charge in [-0.1, -0.05) is 6.92 Å². The highest BCUT2D eigenvalue weighted by molar-refractivity contribution is 6.06. The van der Waals surface area contributed by atoms with Crippen LogP contribution in [0.15, 0.2) is 0 Å². The third-order valence-electron chi connectivity index (χ3n) is 4.45. The number of amides is 2. The fourth-order valence-electron chi connectivity index (χ4n) is 2.74. The van der Waals surface area contributed by atoms with Crippen LogP contribution in [0, 0.1) is 10.8 Å². The molecule has 0 aliphatic carbocycles. The van der Waals surface area contributed by atoms with Gasteiger partial charge in [-0.05, 0) is 41.0 Å². The van der Waals surface area contributed by atoms with Crippen molar-refractivity contribution in [3.8, 4) is 0 Å². The summed E-state index contributed by atoms with van der Waals surface area (Å²) in [6.07, 6.45) is -4.91. The van der Waals surface area contributed by atoms with Crippen molar-refractivity contribution >= 4 is 11.8 Å². The fourth-order valence-corrected chi connectivity index (χ4v) is 2.74. The molecule has 130 valence electrons. The Balaban J connectivity index is 6.29. The summed E-state index contributed by atoms with van der Waals surface area (Å²) in [5.74, 6) is -1.63. The summed E-state index contributed by atoms with van der Waals surface area (Å²) in [7, 11) is 0. The molecule has 0 saturated heterocycles. The summed E-state index contributed by atoms with van der Waals surface area (Å²) < 4.78 is 40.8. The zero-order chi connectivity index (χ0) is 17.8. The van der Waals surface area contributed by atoms with Gasteiger partial charge in [0.05, 0.1) is 5.41 Å². The fraction of sp³-hybridized carbons (Fsp3) is 0.867. The highest BCUT2D eigenvalue weighted by Crippen LogP contribution is 2.53. The maximum atomic E-state index is 13.6. The highest BCUT2D eigenvalue weighted by atomic mass is 19.4. The second kappa shape index (κ2) is 7.33. The smallest absolute Gasteiger partial charge is 0.355 e. The molecule has 0 fully saturated rings. The molecule has 0 saturated carbocycles. The Bertz CT molecular complexity index is 404. The summed E-state index contributed by atoms with van der Waals surface area (Å²) in [4.78, 5) is 26.6. The molecule has 0 aromatic heterocycles. The van der Waals surface area contributed by atoms with Crippen LogP contribution in [0.1, 0.15) is 48.0 Å². The molecule has 0 heterocycles. The Labute approximate surface area is 130 Å². The monoisotopic (exact) mass is 324 g/mol. The average molecular weight is 324 g/mol. The van der Waals surface area contributed by atoms with Crippen molar-refractivity contribution in [3.05, 3.63) is 0 Å². The number of alkyl halides is 3. The van der Waals surface area contributed by atoms with Crippen molar-refractivity contribution in [2.24, 2.45) is 10.8 Å². The molecule has 0 spiro atoms. The number of hydrogen-bond donors (Lipinski definition) is 1. The molecule has 0 aromatic carbocycles. The zero-order valence-electron chi connectivity index (χ0n) is 14.2. The van der Waals surface area contributed by atoms with E-state index in [4.69, 9.17) is 0 Å². The lowest BCUT2D eigenvalue weighted by atomic mass is 9.61. The number of hydrogen-bond acceptors (Lipinski definition) is 2. The zero-order valence-corrected chi connectivity index (χ0v) is 14.2. The van der Waals surface area contributed by atoms with E-state index in [1.54, 1.807) is 20.8 Å². The molecule has 0 aliphatic rings. The lowest BCUT2D eigenvalue weighted by molar-refractivity contribution is -0.250. The first-order valence-electron chi connectivity index (χ1n) is 7.62. The number of halogens is 3. The molecule has 7 heteroatoms. The second-order valence-corrected chi connectivity index (χ2v) is 5.72. The highest BCUT2D eigenvalue weighted by Gasteiger charge is 2.67. The van der Waals surface area contributed by atoms with Crippen molar-refractivity contribution in [3.63, 3.8) is 0 Å². The molecule has 0 aromatic rings. The van der Waals surface area contributed by atoms with Crippen LogP contribution in [-0.4, -0.2) is 42.5 Å². The van der Waals surface area contributed by atoms with E-state index in [9.17, 15) is 22.8 Å². The van der Waals surface area contributed by atoms with Gasteiger partial charge in [0.25, 0.3) is 0 Å². The quantitative estimate of drug-likeness (QED) is 0.732. The van der Waals surface area contributed by atoms with Crippen LogP contribution in [0.5, 0.6) is 0 Å². The lowest BCUT2D eigenvalue weighted by Gasteiger charge is -2.46. The molecule has 2 amide bonds. The van der Waals surface area contributed by atoms with E-state index in [2.05, 4.69) is 5.32 Å². The van der Waals surface area contributed by atoms with E-state index in [1.165, 1.54) is 11.8 Å². The van der Waals surface area contributed by atoms with Crippen LogP contribution < -0.4 is 5.32 Å². The van der Waals surface area contributed by atoms with Crippen LogP contribution in [0.4, 0.5) is 13.2 Å². The van der Waals surface area contributed by atoms with Crippen molar-refractivity contribution in [1.29, 1.82) is 0 Å². The van der Waals surface area contributed by atoms with Crippen molar-refractivity contribution < 1.29 is 22.8 Å². The van der Waals surface area contributed by atoms with Gasteiger partial charge >= 0.3 is 6.18 Å². The van der Waals surface area contributed by atoms with Gasteiger partial charge in [0.15, 0.2) is 0 Å². The Morgan fingerprint density at radius 3 is 1.73 bits per heavy atom. The molecule has 1 atom stereocenters. The van der Waals surface area contributed by atoms with Crippen molar-refractivity contribution in [2.45, 2.75) is 54.1 Å². The van der Waals surface area contributed by atoms with E-state index < -0.39 is 28.8 Å². The van der Waals surface area contributed by atoms with E-state index in [0.717, 1.165) is 13.8 Å². The summed E-state index contributed by atoms with van der Waals surface area (Å²) in [5.41, 5.74) is -4.65. The standard InChI is InChI=1S/C15H27F3N2O2/c1-7-14(11(21)19-8-2,12(22)20(9-3)10-4)13(5,6)15(16,17)18/h7-10H2,1-6H3,(H,19,21). The van der Waals surface area contributed by atoms with Crippen LogP contribution >= 0.6 is 0 Å². The van der Waals surface area contributed by atoms with E-state index in [1.807, 2.05) is 0 Å². The predicted molar refractivity (Wildman–Crippen MR) is 79.2 cm³/mol. The minimum atomic E-state index is -4.68. The van der Waals surface area contributed by atoms with E-state index >= 15 is 0 Å². The normalized spacial score (nSPS) is 15.1. The molecule has 4 nitrogen and oxygen atoms in total. The lowest BCUT2D eigenvalue weighted by Crippen LogP contribution is -2.63. The average Bonchev–Trinajstić information content (AvgIpc) is 2.40. The van der Waals surface area contributed by atoms with Gasteiger partial charge in [0.2, 0.25) is 11.8 Å². The largest absolute Gasteiger partial charge is 0.395 e. The molecule has 0 aliphatic heterocycles. The van der Waals surface area contributed by atoms with Crippen LogP contribution in [0.3, 0.4) is 0 Å². The molecule has 1 N–H and O–H groups in total.